The summed E-state index contributed by atoms with van der Waals surface area (Å²) in [6.07, 6.45) is 2.46. The van der Waals surface area contributed by atoms with Crippen LogP contribution in [-0.4, -0.2) is 18.6 Å². The monoisotopic (exact) mass is 270 g/mol. The standard InChI is InChI=1S/C13H16F2N2O2/c14-13(15)19-10-5-3-9(4-6-10)17-12(18)7-11(16)8-1-2-8/h3-6,8,11,13H,1-2,7,16H2,(H,17,18). The number of halogens is 2. The quantitative estimate of drug-likeness (QED) is 0.834. The Bertz CT molecular complexity index is 433. The summed E-state index contributed by atoms with van der Waals surface area (Å²) in [6, 6.07) is 5.68. The summed E-state index contributed by atoms with van der Waals surface area (Å²) in [7, 11) is 0. The highest BCUT2D eigenvalue weighted by atomic mass is 19.3. The van der Waals surface area contributed by atoms with Crippen molar-refractivity contribution in [2.75, 3.05) is 5.32 Å². The number of hydrogen-bond acceptors (Lipinski definition) is 3. The van der Waals surface area contributed by atoms with Crippen LogP contribution in [0, 0.1) is 5.92 Å². The zero-order valence-corrected chi connectivity index (χ0v) is 10.3. The molecule has 1 saturated carbocycles. The fraction of sp³-hybridized carbons (Fsp3) is 0.462. The van der Waals surface area contributed by atoms with E-state index in [0.29, 0.717) is 11.6 Å². The maximum absolute atomic E-state index is 12.0. The first-order valence-corrected chi connectivity index (χ1v) is 6.15. The van der Waals surface area contributed by atoms with Gasteiger partial charge in [-0.3, -0.25) is 4.79 Å². The topological polar surface area (TPSA) is 64.4 Å². The Balaban J connectivity index is 1.82. The number of hydrogen-bond donors (Lipinski definition) is 2. The first-order valence-electron chi connectivity index (χ1n) is 6.15. The van der Waals surface area contributed by atoms with Crippen LogP contribution in [0.15, 0.2) is 24.3 Å². The van der Waals surface area contributed by atoms with Gasteiger partial charge in [0, 0.05) is 18.2 Å². The number of benzene rings is 1. The van der Waals surface area contributed by atoms with Crippen molar-refractivity contribution in [3.63, 3.8) is 0 Å². The number of alkyl halides is 2. The summed E-state index contributed by atoms with van der Waals surface area (Å²) in [5.74, 6) is 0.358. The molecular weight excluding hydrogens is 254 g/mol. The summed E-state index contributed by atoms with van der Waals surface area (Å²) in [5.41, 5.74) is 6.38. The van der Waals surface area contributed by atoms with Crippen LogP contribution in [0.1, 0.15) is 19.3 Å². The van der Waals surface area contributed by atoms with Crippen molar-refractivity contribution in [3.05, 3.63) is 24.3 Å². The number of anilines is 1. The molecule has 1 aliphatic carbocycles. The van der Waals surface area contributed by atoms with Crippen molar-refractivity contribution in [1.82, 2.24) is 0 Å². The molecule has 3 N–H and O–H groups in total. The van der Waals surface area contributed by atoms with Crippen molar-refractivity contribution < 1.29 is 18.3 Å². The molecule has 6 heteroatoms. The molecule has 0 aliphatic heterocycles. The second kappa shape index (κ2) is 5.97. The molecule has 1 amide bonds. The third-order valence-corrected chi connectivity index (χ3v) is 3.01. The summed E-state index contributed by atoms with van der Waals surface area (Å²) in [6.45, 7) is -2.85. The van der Waals surface area contributed by atoms with Gasteiger partial charge in [0.15, 0.2) is 0 Å². The van der Waals surface area contributed by atoms with Gasteiger partial charge in [-0.15, -0.1) is 0 Å². The molecule has 0 radical (unpaired) electrons. The number of carbonyl (C=O) groups excluding carboxylic acids is 1. The molecule has 1 unspecified atom stereocenters. The van der Waals surface area contributed by atoms with E-state index < -0.39 is 6.61 Å². The fourth-order valence-corrected chi connectivity index (χ4v) is 1.84. The first kappa shape index (κ1) is 13.7. The molecule has 0 bridgehead atoms. The predicted molar refractivity (Wildman–Crippen MR) is 67.0 cm³/mol. The molecule has 19 heavy (non-hydrogen) atoms. The van der Waals surface area contributed by atoms with Crippen LogP contribution in [0.5, 0.6) is 5.75 Å². The normalized spacial score (nSPS) is 16.2. The Morgan fingerprint density at radius 3 is 2.53 bits per heavy atom. The molecule has 1 aliphatic rings. The lowest BCUT2D eigenvalue weighted by molar-refractivity contribution is -0.116. The van der Waals surface area contributed by atoms with E-state index in [1.807, 2.05) is 0 Å². The predicted octanol–water partition coefficient (Wildman–Crippen LogP) is 2.35. The van der Waals surface area contributed by atoms with Crippen LogP contribution in [-0.2, 0) is 4.79 Å². The van der Waals surface area contributed by atoms with Crippen molar-refractivity contribution in [3.8, 4) is 5.75 Å². The van der Waals surface area contributed by atoms with Crippen molar-refractivity contribution >= 4 is 11.6 Å². The number of nitrogens with two attached hydrogens (primary N) is 1. The minimum absolute atomic E-state index is 0.0580. The largest absolute Gasteiger partial charge is 0.435 e. The van der Waals surface area contributed by atoms with Crippen molar-refractivity contribution in [1.29, 1.82) is 0 Å². The second-order valence-electron chi connectivity index (χ2n) is 4.66. The number of nitrogens with one attached hydrogen (secondary N) is 1. The average molecular weight is 270 g/mol. The van der Waals surface area contributed by atoms with Crippen molar-refractivity contribution in [2.24, 2.45) is 11.7 Å². The second-order valence-corrected chi connectivity index (χ2v) is 4.66. The Kier molecular flexibility index (Phi) is 4.31. The van der Waals surface area contributed by atoms with Gasteiger partial charge in [0.05, 0.1) is 0 Å². The van der Waals surface area contributed by atoms with E-state index in [9.17, 15) is 13.6 Å². The van der Waals surface area contributed by atoms with E-state index in [1.54, 1.807) is 0 Å². The van der Waals surface area contributed by atoms with Crippen LogP contribution in [0.25, 0.3) is 0 Å². The Morgan fingerprint density at radius 2 is 2.00 bits per heavy atom. The van der Waals surface area contributed by atoms with Gasteiger partial charge in [0.2, 0.25) is 5.91 Å². The minimum atomic E-state index is -2.85. The van der Waals surface area contributed by atoms with Crippen LogP contribution < -0.4 is 15.8 Å². The van der Waals surface area contributed by atoms with E-state index in [2.05, 4.69) is 10.1 Å². The molecule has 1 aromatic rings. The summed E-state index contributed by atoms with van der Waals surface area (Å²) in [5, 5.41) is 2.67. The van der Waals surface area contributed by atoms with E-state index in [4.69, 9.17) is 5.73 Å². The van der Waals surface area contributed by atoms with Gasteiger partial charge in [0.1, 0.15) is 5.75 Å². The van der Waals surface area contributed by atoms with E-state index >= 15 is 0 Å². The van der Waals surface area contributed by atoms with Crippen LogP contribution in [0.4, 0.5) is 14.5 Å². The molecule has 2 rings (SSSR count). The summed E-state index contributed by atoms with van der Waals surface area (Å²) in [4.78, 5) is 11.7. The minimum Gasteiger partial charge on any atom is -0.435 e. The van der Waals surface area contributed by atoms with Crippen LogP contribution in [0.2, 0.25) is 0 Å². The lowest BCUT2D eigenvalue weighted by Crippen LogP contribution is -2.28. The number of rotatable bonds is 6. The number of carbonyl (C=O) groups is 1. The molecule has 0 spiro atoms. The zero-order chi connectivity index (χ0) is 13.8. The SMILES string of the molecule is NC(CC(=O)Nc1ccc(OC(F)F)cc1)C1CC1. The molecular formula is C13H16F2N2O2. The Morgan fingerprint density at radius 1 is 1.37 bits per heavy atom. The lowest BCUT2D eigenvalue weighted by Gasteiger charge is -2.11. The maximum Gasteiger partial charge on any atom is 0.387 e. The van der Waals surface area contributed by atoms with Gasteiger partial charge < -0.3 is 15.8 Å². The highest BCUT2D eigenvalue weighted by Gasteiger charge is 2.29. The van der Waals surface area contributed by atoms with Gasteiger partial charge in [-0.2, -0.15) is 8.78 Å². The highest BCUT2D eigenvalue weighted by Crippen LogP contribution is 2.32. The third kappa shape index (κ3) is 4.48. The molecule has 0 aromatic heterocycles. The van der Waals surface area contributed by atoms with Crippen LogP contribution >= 0.6 is 0 Å². The maximum atomic E-state index is 12.0. The highest BCUT2D eigenvalue weighted by molar-refractivity contribution is 5.91. The smallest absolute Gasteiger partial charge is 0.387 e. The Hall–Kier alpha value is -1.69. The van der Waals surface area contributed by atoms with Gasteiger partial charge in [-0.1, -0.05) is 0 Å². The summed E-state index contributed by atoms with van der Waals surface area (Å²) >= 11 is 0. The van der Waals surface area contributed by atoms with E-state index in [-0.39, 0.29) is 24.1 Å². The lowest BCUT2D eigenvalue weighted by atomic mass is 10.1. The molecule has 1 fully saturated rings. The Labute approximate surface area is 109 Å². The molecule has 4 nitrogen and oxygen atoms in total. The summed E-state index contributed by atoms with van der Waals surface area (Å²) < 4.78 is 28.1. The molecule has 104 valence electrons. The molecule has 0 saturated heterocycles. The van der Waals surface area contributed by atoms with Gasteiger partial charge in [-0.25, -0.2) is 0 Å². The van der Waals surface area contributed by atoms with E-state index in [0.717, 1.165) is 12.8 Å². The average Bonchev–Trinajstić information content (AvgIpc) is 3.14. The number of ether oxygens (including phenoxy) is 1. The molecule has 0 heterocycles. The van der Waals surface area contributed by atoms with E-state index in [1.165, 1.54) is 24.3 Å². The third-order valence-electron chi connectivity index (χ3n) is 3.01. The van der Waals surface area contributed by atoms with Crippen molar-refractivity contribution in [2.45, 2.75) is 31.9 Å². The number of amides is 1. The zero-order valence-electron chi connectivity index (χ0n) is 10.3. The molecule has 1 atom stereocenters. The van der Waals surface area contributed by atoms with Gasteiger partial charge in [0.25, 0.3) is 0 Å². The van der Waals surface area contributed by atoms with Gasteiger partial charge in [-0.05, 0) is 43.0 Å². The first-order chi connectivity index (χ1) is 9.04. The molecule has 1 aromatic carbocycles. The van der Waals surface area contributed by atoms with Crippen LogP contribution in [0.3, 0.4) is 0 Å². The van der Waals surface area contributed by atoms with Gasteiger partial charge >= 0.3 is 6.61 Å². The fourth-order valence-electron chi connectivity index (χ4n) is 1.84.